The van der Waals surface area contributed by atoms with Gasteiger partial charge in [-0.1, -0.05) is 31.9 Å². The third-order valence-corrected chi connectivity index (χ3v) is 2.65. The van der Waals surface area contributed by atoms with Gasteiger partial charge in [-0.15, -0.1) is 0 Å². The van der Waals surface area contributed by atoms with Gasteiger partial charge in [0.25, 0.3) is 0 Å². The van der Waals surface area contributed by atoms with Crippen LogP contribution in [0.1, 0.15) is 13.3 Å². The Kier molecular flexibility index (Phi) is 4.81. The highest BCUT2D eigenvalue weighted by atomic mass is 79.9. The fourth-order valence-electron chi connectivity index (χ4n) is 0.958. The average Bonchev–Trinajstić information content (AvgIpc) is 2.09. The summed E-state index contributed by atoms with van der Waals surface area (Å²) in [7, 11) is 0. The van der Waals surface area contributed by atoms with E-state index in [0.717, 1.165) is 22.0 Å². The van der Waals surface area contributed by atoms with Crippen LogP contribution >= 0.6 is 31.9 Å². The van der Waals surface area contributed by atoms with Gasteiger partial charge in [-0.2, -0.15) is 0 Å². The summed E-state index contributed by atoms with van der Waals surface area (Å²) in [5.74, 6) is 0.927. The highest BCUT2D eigenvalue weighted by molar-refractivity contribution is 9.10. The van der Waals surface area contributed by atoms with Crippen molar-refractivity contribution in [1.29, 1.82) is 0 Å². The maximum atomic E-state index is 5.66. The molecule has 1 aromatic carbocycles. The molecule has 1 nitrogen and oxygen atoms in total. The second-order valence-electron chi connectivity index (χ2n) is 2.86. The van der Waals surface area contributed by atoms with Gasteiger partial charge < -0.3 is 4.74 Å². The van der Waals surface area contributed by atoms with E-state index in [-0.39, 0.29) is 6.10 Å². The number of ether oxygens (including phenoxy) is 1. The summed E-state index contributed by atoms with van der Waals surface area (Å²) in [6.07, 6.45) is 1.29. The minimum absolute atomic E-state index is 0.264. The van der Waals surface area contributed by atoms with Crippen molar-refractivity contribution < 1.29 is 4.74 Å². The monoisotopic (exact) mass is 306 g/mol. The van der Waals surface area contributed by atoms with Crippen molar-refractivity contribution in [2.75, 3.05) is 5.33 Å². The molecule has 0 saturated carbocycles. The van der Waals surface area contributed by atoms with Gasteiger partial charge in [0.2, 0.25) is 0 Å². The van der Waals surface area contributed by atoms with E-state index in [1.54, 1.807) is 0 Å². The largest absolute Gasteiger partial charge is 0.491 e. The van der Waals surface area contributed by atoms with E-state index in [1.807, 2.05) is 24.3 Å². The summed E-state index contributed by atoms with van der Waals surface area (Å²) in [5, 5.41) is 0.977. The summed E-state index contributed by atoms with van der Waals surface area (Å²) < 4.78 is 6.74. The lowest BCUT2D eigenvalue weighted by molar-refractivity contribution is 0.219. The molecule has 0 aliphatic carbocycles. The first-order valence-electron chi connectivity index (χ1n) is 4.20. The predicted octanol–water partition coefficient (Wildman–Crippen LogP) is 4.00. The number of hydrogen-bond donors (Lipinski definition) is 0. The Morgan fingerprint density at radius 3 is 2.46 bits per heavy atom. The Morgan fingerprint density at radius 2 is 1.92 bits per heavy atom. The van der Waals surface area contributed by atoms with E-state index in [9.17, 15) is 0 Å². The number of benzene rings is 1. The van der Waals surface area contributed by atoms with Crippen LogP contribution in [0.3, 0.4) is 0 Å². The Bertz CT molecular complexity index is 246. The smallest absolute Gasteiger partial charge is 0.119 e. The molecule has 0 heterocycles. The second-order valence-corrected chi connectivity index (χ2v) is 4.57. The Hall–Kier alpha value is -0.0200. The molecule has 0 N–H and O–H groups in total. The van der Waals surface area contributed by atoms with Crippen molar-refractivity contribution >= 4 is 31.9 Å². The molecule has 13 heavy (non-hydrogen) atoms. The van der Waals surface area contributed by atoms with Crippen LogP contribution < -0.4 is 4.74 Å². The number of halogens is 2. The predicted molar refractivity (Wildman–Crippen MR) is 62.6 cm³/mol. The van der Waals surface area contributed by atoms with E-state index < -0.39 is 0 Å². The molecule has 0 spiro atoms. The summed E-state index contributed by atoms with van der Waals surface area (Å²) in [5.41, 5.74) is 0. The van der Waals surface area contributed by atoms with Gasteiger partial charge in [-0.3, -0.25) is 0 Å². The van der Waals surface area contributed by atoms with E-state index in [4.69, 9.17) is 4.74 Å². The van der Waals surface area contributed by atoms with Crippen LogP contribution in [0, 0.1) is 0 Å². The molecule has 0 saturated heterocycles. The molecule has 0 aromatic heterocycles. The molecule has 0 amide bonds. The molecular formula is C10H12Br2O. The van der Waals surface area contributed by atoms with Gasteiger partial charge in [-0.05, 0) is 37.6 Å². The van der Waals surface area contributed by atoms with Crippen molar-refractivity contribution in [2.45, 2.75) is 19.4 Å². The van der Waals surface area contributed by atoms with Crippen molar-refractivity contribution in [3.63, 3.8) is 0 Å². The van der Waals surface area contributed by atoms with Crippen molar-refractivity contribution in [2.24, 2.45) is 0 Å². The lowest BCUT2D eigenvalue weighted by Crippen LogP contribution is -2.11. The molecule has 0 radical (unpaired) electrons. The third-order valence-electron chi connectivity index (χ3n) is 1.67. The van der Waals surface area contributed by atoms with Crippen LogP contribution in [0.2, 0.25) is 0 Å². The van der Waals surface area contributed by atoms with Gasteiger partial charge >= 0.3 is 0 Å². The standard InChI is InChI=1S/C10H12Br2O/c1-8(6-7-11)13-10-4-2-9(12)3-5-10/h2-5,8H,6-7H2,1H3. The highest BCUT2D eigenvalue weighted by Gasteiger charge is 2.01. The minimum Gasteiger partial charge on any atom is -0.491 e. The zero-order valence-corrected chi connectivity index (χ0v) is 10.6. The first-order chi connectivity index (χ1) is 6.22. The number of rotatable bonds is 4. The molecule has 1 rings (SSSR count). The Morgan fingerprint density at radius 1 is 1.31 bits per heavy atom. The fraction of sp³-hybridized carbons (Fsp3) is 0.400. The first kappa shape index (κ1) is 11.1. The summed E-state index contributed by atoms with van der Waals surface area (Å²) in [6, 6.07) is 7.90. The van der Waals surface area contributed by atoms with Crippen molar-refractivity contribution in [1.82, 2.24) is 0 Å². The molecule has 0 aliphatic rings. The lowest BCUT2D eigenvalue weighted by Gasteiger charge is -2.12. The highest BCUT2D eigenvalue weighted by Crippen LogP contribution is 2.18. The van der Waals surface area contributed by atoms with Crippen LogP contribution in [0.5, 0.6) is 5.75 Å². The van der Waals surface area contributed by atoms with Crippen LogP contribution in [-0.4, -0.2) is 11.4 Å². The van der Waals surface area contributed by atoms with E-state index in [2.05, 4.69) is 38.8 Å². The number of hydrogen-bond acceptors (Lipinski definition) is 1. The molecular weight excluding hydrogens is 296 g/mol. The SMILES string of the molecule is CC(CCBr)Oc1ccc(Br)cc1. The summed E-state index contributed by atoms with van der Waals surface area (Å²) >= 11 is 6.77. The van der Waals surface area contributed by atoms with Crippen LogP contribution in [0.15, 0.2) is 28.7 Å². The number of alkyl halides is 1. The topological polar surface area (TPSA) is 9.23 Å². The first-order valence-corrected chi connectivity index (χ1v) is 6.12. The minimum atomic E-state index is 0.264. The molecule has 1 atom stereocenters. The van der Waals surface area contributed by atoms with Crippen molar-refractivity contribution in [3.05, 3.63) is 28.7 Å². The van der Waals surface area contributed by atoms with E-state index >= 15 is 0 Å². The average molecular weight is 308 g/mol. The Balaban J connectivity index is 2.49. The van der Waals surface area contributed by atoms with Crippen molar-refractivity contribution in [3.8, 4) is 5.75 Å². The van der Waals surface area contributed by atoms with E-state index in [1.165, 1.54) is 0 Å². The molecule has 3 heteroatoms. The lowest BCUT2D eigenvalue weighted by atomic mass is 10.3. The molecule has 0 bridgehead atoms. The maximum absolute atomic E-state index is 5.66. The third kappa shape index (κ3) is 4.14. The molecule has 72 valence electrons. The maximum Gasteiger partial charge on any atom is 0.119 e. The molecule has 1 aromatic rings. The Labute approximate surface area is 95.7 Å². The van der Waals surface area contributed by atoms with E-state index in [0.29, 0.717) is 0 Å². The van der Waals surface area contributed by atoms with Crippen LogP contribution in [0.4, 0.5) is 0 Å². The second kappa shape index (κ2) is 5.66. The van der Waals surface area contributed by atoms with Gasteiger partial charge in [0, 0.05) is 9.80 Å². The van der Waals surface area contributed by atoms with Crippen LogP contribution in [0.25, 0.3) is 0 Å². The summed E-state index contributed by atoms with van der Waals surface area (Å²) in [4.78, 5) is 0. The van der Waals surface area contributed by atoms with Gasteiger partial charge in [0.1, 0.15) is 5.75 Å². The normalized spacial score (nSPS) is 12.5. The fourth-order valence-corrected chi connectivity index (χ4v) is 1.87. The van der Waals surface area contributed by atoms with Gasteiger partial charge in [0.15, 0.2) is 0 Å². The zero-order valence-electron chi connectivity index (χ0n) is 7.47. The van der Waals surface area contributed by atoms with Gasteiger partial charge in [-0.25, -0.2) is 0 Å². The zero-order chi connectivity index (χ0) is 9.68. The molecule has 0 fully saturated rings. The van der Waals surface area contributed by atoms with Gasteiger partial charge in [0.05, 0.1) is 6.10 Å². The van der Waals surface area contributed by atoms with Crippen LogP contribution in [-0.2, 0) is 0 Å². The molecule has 1 unspecified atom stereocenters. The summed E-state index contributed by atoms with van der Waals surface area (Å²) in [6.45, 7) is 2.07. The quantitative estimate of drug-likeness (QED) is 0.764. The molecule has 0 aliphatic heterocycles.